The van der Waals surface area contributed by atoms with Gasteiger partial charge < -0.3 is 24.8 Å². The normalized spacial score (nSPS) is 16.2. The topological polar surface area (TPSA) is 0 Å². The summed E-state index contributed by atoms with van der Waals surface area (Å²) >= 11 is 1.74. The fraction of sp³-hybridized carbons (Fsp3) is 0.538. The smallest absolute Gasteiger partial charge is 0.172 e. The van der Waals surface area contributed by atoms with E-state index in [1.165, 1.54) is 97.6 Å². The van der Waals surface area contributed by atoms with Gasteiger partial charge >= 0.3 is 103 Å². The van der Waals surface area contributed by atoms with Crippen molar-refractivity contribution in [1.82, 2.24) is 0 Å². The van der Waals surface area contributed by atoms with Gasteiger partial charge in [-0.1, -0.05) is 65.3 Å². The van der Waals surface area contributed by atoms with Crippen LogP contribution in [0.1, 0.15) is 128 Å². The van der Waals surface area contributed by atoms with Crippen LogP contribution in [0.5, 0.6) is 0 Å². The first-order valence-electron chi connectivity index (χ1n) is 15.9. The van der Waals surface area contributed by atoms with Crippen LogP contribution in [-0.4, -0.2) is 3.21 Å². The van der Waals surface area contributed by atoms with Gasteiger partial charge in [0.1, 0.15) is 0 Å². The number of fused-ring (bicyclic) bond motifs is 3. The molecule has 0 bridgehead atoms. The summed E-state index contributed by atoms with van der Waals surface area (Å²) in [6.45, 7) is 13.6. The average Bonchev–Trinajstić information content (AvgIpc) is 3.71. The second-order valence-corrected chi connectivity index (χ2v) is 16.3. The van der Waals surface area contributed by atoms with Crippen LogP contribution in [0.4, 0.5) is 0 Å². The van der Waals surface area contributed by atoms with E-state index in [2.05, 4.69) is 77.9 Å². The van der Waals surface area contributed by atoms with Crippen molar-refractivity contribution in [2.24, 2.45) is 11.8 Å². The monoisotopic (exact) mass is 680 g/mol. The van der Waals surface area contributed by atoms with Crippen LogP contribution >= 0.6 is 0 Å². The first-order chi connectivity index (χ1) is 19.0. The molecule has 0 radical (unpaired) electrons. The quantitative estimate of drug-likeness (QED) is 0.268. The van der Waals surface area contributed by atoms with Crippen molar-refractivity contribution in [2.75, 3.05) is 0 Å². The SMILES string of the molecule is CC(C)(C)c1[c-]c2c(cc1)-c1ccc(C(C)(C)C)cc1C2.[Cl-].[Cl-].[Zr+2]=[C](CC1CCCC1)CC1CCCC1.c1cc[cH-]c1. The molecule has 0 heterocycles. The van der Waals surface area contributed by atoms with Crippen LogP contribution in [0.25, 0.3) is 11.1 Å². The molecule has 2 saturated carbocycles. The molecule has 0 aromatic heterocycles. The Bertz CT molecular complexity index is 1120. The second kappa shape index (κ2) is 17.0. The molecule has 3 aliphatic carbocycles. The Morgan fingerprint density at radius 3 is 1.74 bits per heavy atom. The van der Waals surface area contributed by atoms with Gasteiger partial charge in [-0.05, 0) is 28.4 Å². The summed E-state index contributed by atoms with van der Waals surface area (Å²) in [6, 6.07) is 25.2. The van der Waals surface area contributed by atoms with E-state index in [0.29, 0.717) is 0 Å². The Balaban J connectivity index is 0.000000253. The largest absolute Gasteiger partial charge is 0.214 e. The van der Waals surface area contributed by atoms with Crippen molar-refractivity contribution in [3.63, 3.8) is 0 Å². The van der Waals surface area contributed by atoms with Gasteiger partial charge in [-0.15, -0.1) is 11.1 Å². The van der Waals surface area contributed by atoms with E-state index in [1.807, 2.05) is 33.5 Å². The Labute approximate surface area is 285 Å². The van der Waals surface area contributed by atoms with E-state index in [4.69, 9.17) is 0 Å². The number of hydrogen-bond donors (Lipinski definition) is 0. The molecule has 0 aliphatic heterocycles. The predicted molar refractivity (Wildman–Crippen MR) is 171 cm³/mol. The van der Waals surface area contributed by atoms with Crippen LogP contribution in [0.15, 0.2) is 60.7 Å². The molecule has 228 valence electrons. The van der Waals surface area contributed by atoms with E-state index in [1.54, 1.807) is 24.2 Å². The van der Waals surface area contributed by atoms with Crippen molar-refractivity contribution in [3.05, 3.63) is 89.0 Å². The van der Waals surface area contributed by atoms with Crippen LogP contribution in [-0.2, 0) is 41.5 Å². The summed E-state index contributed by atoms with van der Waals surface area (Å²) in [5.74, 6) is 2.18. The third-order valence-corrected chi connectivity index (χ3v) is 10.0. The fourth-order valence-corrected chi connectivity index (χ4v) is 7.98. The first-order valence-corrected chi connectivity index (χ1v) is 17.2. The van der Waals surface area contributed by atoms with Crippen LogP contribution < -0.4 is 24.8 Å². The minimum atomic E-state index is 0. The third kappa shape index (κ3) is 10.9. The standard InChI is InChI=1S/C21H25.C13H22.C5H5.2ClH.Zr/c1-20(2,3)16-7-9-18-14(12-16)11-15-13-17(21(4,5)6)8-10-19(15)18;1-2-7-12(6-1)10-5-11-13-8-3-4-9-13;1-2-4-5-3-1;;;/h7-10,12H,11H2,1-6H3;12-13H,1-4,6-11H2;1-5H;2*1H;/q-1;;-1;;;+2/p-2. The zero-order valence-corrected chi connectivity index (χ0v) is 30.9. The predicted octanol–water partition coefficient (Wildman–Crippen LogP) is 4.93. The summed E-state index contributed by atoms with van der Waals surface area (Å²) in [7, 11) is 0. The Kier molecular flexibility index (Phi) is 15.1. The van der Waals surface area contributed by atoms with Gasteiger partial charge in [0.05, 0.1) is 0 Å². The van der Waals surface area contributed by atoms with Gasteiger partial charge in [-0.2, -0.15) is 42.0 Å². The van der Waals surface area contributed by atoms with E-state index < -0.39 is 0 Å². The van der Waals surface area contributed by atoms with Crippen LogP contribution in [0.2, 0.25) is 0 Å². The van der Waals surface area contributed by atoms with Gasteiger partial charge in [-0.25, -0.2) is 12.1 Å². The fourth-order valence-electron chi connectivity index (χ4n) is 6.56. The molecular formula is C39H52Cl2Zr-2. The molecule has 3 aromatic carbocycles. The maximum absolute atomic E-state index is 3.67. The summed E-state index contributed by atoms with van der Waals surface area (Å²) < 4.78 is 1.90. The zero-order chi connectivity index (χ0) is 28.8. The third-order valence-electron chi connectivity index (χ3n) is 9.04. The molecule has 6 rings (SSSR count). The summed E-state index contributed by atoms with van der Waals surface area (Å²) in [5.41, 5.74) is 8.70. The van der Waals surface area contributed by atoms with Crippen molar-refractivity contribution in [1.29, 1.82) is 0 Å². The van der Waals surface area contributed by atoms with E-state index >= 15 is 0 Å². The Morgan fingerprint density at radius 1 is 0.762 bits per heavy atom. The van der Waals surface area contributed by atoms with Gasteiger partial charge in [0.15, 0.2) is 0 Å². The minimum Gasteiger partial charge on any atom is -0.214 e. The van der Waals surface area contributed by atoms with Crippen LogP contribution in [0, 0.1) is 17.9 Å². The van der Waals surface area contributed by atoms with E-state index in [0.717, 1.165) is 18.3 Å². The maximum atomic E-state index is 3.67. The number of benzene rings is 2. The first kappa shape index (κ1) is 37.3. The molecule has 3 heteroatoms. The molecule has 3 aliphatic rings. The van der Waals surface area contributed by atoms with Crippen molar-refractivity contribution in [2.45, 2.75) is 123 Å². The van der Waals surface area contributed by atoms with Crippen molar-refractivity contribution < 1.29 is 49.0 Å². The zero-order valence-electron chi connectivity index (χ0n) is 27.0. The molecule has 42 heavy (non-hydrogen) atoms. The molecule has 0 nitrogen and oxygen atoms in total. The molecule has 0 N–H and O–H groups in total. The van der Waals surface area contributed by atoms with E-state index in [-0.39, 0.29) is 35.6 Å². The molecule has 0 unspecified atom stereocenters. The molecule has 0 saturated heterocycles. The van der Waals surface area contributed by atoms with E-state index in [9.17, 15) is 0 Å². The Hall–Kier alpha value is -0.877. The van der Waals surface area contributed by atoms with Crippen LogP contribution in [0.3, 0.4) is 0 Å². The number of halogens is 2. The van der Waals surface area contributed by atoms with Crippen molar-refractivity contribution >= 4 is 3.21 Å². The summed E-state index contributed by atoms with van der Waals surface area (Å²) in [4.78, 5) is 0. The molecule has 0 atom stereocenters. The summed E-state index contributed by atoms with van der Waals surface area (Å²) in [5, 5.41) is 0. The number of rotatable bonds is 4. The molecule has 0 amide bonds. The molecule has 2 fully saturated rings. The molecular weight excluding hydrogens is 631 g/mol. The maximum Gasteiger partial charge on any atom is -0.172 e. The summed E-state index contributed by atoms with van der Waals surface area (Å²) in [6.07, 6.45) is 16.2. The van der Waals surface area contributed by atoms with Gasteiger partial charge in [0, 0.05) is 0 Å². The van der Waals surface area contributed by atoms with Gasteiger partial charge in [0.25, 0.3) is 0 Å². The number of hydrogen-bond acceptors (Lipinski definition) is 0. The molecule has 3 aromatic rings. The average molecular weight is 683 g/mol. The van der Waals surface area contributed by atoms with Crippen molar-refractivity contribution in [3.8, 4) is 11.1 Å². The van der Waals surface area contributed by atoms with Gasteiger partial charge in [0.2, 0.25) is 0 Å². The van der Waals surface area contributed by atoms with Gasteiger partial charge in [-0.3, -0.25) is 0 Å². The minimum absolute atomic E-state index is 0. The molecule has 0 spiro atoms. The Morgan fingerprint density at radius 2 is 1.29 bits per heavy atom. The second-order valence-electron chi connectivity index (χ2n) is 14.6.